The van der Waals surface area contributed by atoms with E-state index in [-0.39, 0.29) is 28.4 Å². The summed E-state index contributed by atoms with van der Waals surface area (Å²) in [6.45, 7) is 3.56. The SMILES string of the molecule is CC(=O)N1c2ccc(-c3ccc(C(=O)O)cc3)cc2C(Nc2ccc(S(C)(=O)=O)cc2)CC1C. The standard InChI is InChI=1S/C26H26N2O5S/c1-16-14-24(27-21-9-11-22(12-10-21)34(3,32)33)23-15-20(8-13-25(23)28(16)17(2)29)18-4-6-19(7-5-18)26(30)31/h4-13,15-16,24,27H,14H2,1-3H3,(H,30,31). The predicted molar refractivity (Wildman–Crippen MR) is 132 cm³/mol. The molecule has 176 valence electrons. The first-order valence-electron chi connectivity index (χ1n) is 10.9. The maximum atomic E-state index is 12.4. The van der Waals surface area contributed by atoms with Crippen LogP contribution in [0.5, 0.6) is 0 Å². The van der Waals surface area contributed by atoms with Gasteiger partial charge in [0.05, 0.1) is 16.5 Å². The van der Waals surface area contributed by atoms with Gasteiger partial charge >= 0.3 is 5.97 Å². The molecule has 0 saturated heterocycles. The Hall–Kier alpha value is -3.65. The van der Waals surface area contributed by atoms with E-state index in [9.17, 15) is 18.0 Å². The van der Waals surface area contributed by atoms with Gasteiger partial charge in [0, 0.05) is 30.6 Å². The predicted octanol–water partition coefficient (Wildman–Crippen LogP) is 4.75. The Morgan fingerprint density at radius 3 is 2.15 bits per heavy atom. The molecule has 0 aliphatic carbocycles. The highest BCUT2D eigenvalue weighted by atomic mass is 32.2. The minimum atomic E-state index is -3.28. The Bertz CT molecular complexity index is 1350. The zero-order valence-corrected chi connectivity index (χ0v) is 20.0. The van der Waals surface area contributed by atoms with Gasteiger partial charge in [0.25, 0.3) is 0 Å². The molecule has 0 radical (unpaired) electrons. The van der Waals surface area contributed by atoms with Crippen molar-refractivity contribution in [3.8, 4) is 11.1 Å². The normalized spacial score (nSPS) is 17.7. The Labute approximate surface area is 199 Å². The fourth-order valence-corrected chi connectivity index (χ4v) is 5.10. The Kier molecular flexibility index (Phi) is 6.18. The van der Waals surface area contributed by atoms with Crippen LogP contribution in [0.2, 0.25) is 0 Å². The highest BCUT2D eigenvalue weighted by molar-refractivity contribution is 7.90. The van der Waals surface area contributed by atoms with Gasteiger partial charge in [-0.2, -0.15) is 0 Å². The second-order valence-electron chi connectivity index (χ2n) is 8.62. The summed E-state index contributed by atoms with van der Waals surface area (Å²) in [5, 5.41) is 12.7. The number of nitrogens with zero attached hydrogens (tertiary/aromatic N) is 1. The summed E-state index contributed by atoms with van der Waals surface area (Å²) in [4.78, 5) is 25.6. The molecule has 4 rings (SSSR count). The Morgan fingerprint density at radius 1 is 0.971 bits per heavy atom. The van der Waals surface area contributed by atoms with Crippen molar-refractivity contribution < 1.29 is 23.1 Å². The number of aromatic carboxylic acids is 1. The maximum absolute atomic E-state index is 12.4. The van der Waals surface area contributed by atoms with Crippen LogP contribution in [-0.4, -0.2) is 37.7 Å². The Morgan fingerprint density at radius 2 is 1.59 bits per heavy atom. The second kappa shape index (κ2) is 8.95. The fourth-order valence-electron chi connectivity index (χ4n) is 4.46. The van der Waals surface area contributed by atoms with E-state index in [1.165, 1.54) is 6.26 Å². The zero-order valence-electron chi connectivity index (χ0n) is 19.1. The van der Waals surface area contributed by atoms with Crippen LogP contribution in [0.25, 0.3) is 11.1 Å². The van der Waals surface area contributed by atoms with E-state index in [4.69, 9.17) is 5.11 Å². The number of benzene rings is 3. The molecule has 3 aromatic rings. The summed E-state index contributed by atoms with van der Waals surface area (Å²) in [5.74, 6) is -1.02. The summed E-state index contributed by atoms with van der Waals surface area (Å²) >= 11 is 0. The zero-order chi connectivity index (χ0) is 24.6. The average Bonchev–Trinajstić information content (AvgIpc) is 2.78. The summed E-state index contributed by atoms with van der Waals surface area (Å²) in [7, 11) is -3.28. The van der Waals surface area contributed by atoms with E-state index in [1.54, 1.807) is 60.4 Å². The minimum Gasteiger partial charge on any atom is -0.478 e. The average molecular weight is 479 g/mol. The van der Waals surface area contributed by atoms with Crippen LogP contribution in [0.4, 0.5) is 11.4 Å². The molecule has 0 spiro atoms. The molecule has 3 aromatic carbocycles. The van der Waals surface area contributed by atoms with Crippen LogP contribution in [0, 0.1) is 0 Å². The molecule has 0 saturated carbocycles. The van der Waals surface area contributed by atoms with Crippen molar-refractivity contribution in [1.29, 1.82) is 0 Å². The lowest BCUT2D eigenvalue weighted by atomic mass is 9.88. The van der Waals surface area contributed by atoms with Crippen LogP contribution in [0.1, 0.15) is 42.2 Å². The highest BCUT2D eigenvalue weighted by Crippen LogP contribution is 2.41. The molecule has 1 amide bonds. The molecule has 1 heterocycles. The van der Waals surface area contributed by atoms with E-state index >= 15 is 0 Å². The summed E-state index contributed by atoms with van der Waals surface area (Å²) < 4.78 is 23.6. The molecule has 0 fully saturated rings. The number of sulfone groups is 1. The van der Waals surface area contributed by atoms with Gasteiger partial charge in [-0.05, 0) is 78.6 Å². The van der Waals surface area contributed by atoms with E-state index in [2.05, 4.69) is 5.32 Å². The first kappa shape index (κ1) is 23.5. The molecular formula is C26H26N2O5S. The number of nitrogens with one attached hydrogen (secondary N) is 1. The number of hydrogen-bond acceptors (Lipinski definition) is 5. The van der Waals surface area contributed by atoms with Crippen molar-refractivity contribution in [3.05, 3.63) is 77.9 Å². The molecule has 8 heteroatoms. The van der Waals surface area contributed by atoms with E-state index < -0.39 is 15.8 Å². The van der Waals surface area contributed by atoms with Gasteiger partial charge in [0.1, 0.15) is 0 Å². The number of anilines is 2. The van der Waals surface area contributed by atoms with Crippen molar-refractivity contribution in [2.45, 2.75) is 37.2 Å². The van der Waals surface area contributed by atoms with Gasteiger partial charge in [-0.1, -0.05) is 18.2 Å². The largest absolute Gasteiger partial charge is 0.478 e. The topological polar surface area (TPSA) is 104 Å². The molecule has 0 aromatic heterocycles. The fraction of sp³-hybridized carbons (Fsp3) is 0.231. The van der Waals surface area contributed by atoms with Gasteiger partial charge in [0.2, 0.25) is 5.91 Å². The lowest BCUT2D eigenvalue weighted by molar-refractivity contribution is -0.117. The van der Waals surface area contributed by atoms with Crippen molar-refractivity contribution in [1.82, 2.24) is 0 Å². The maximum Gasteiger partial charge on any atom is 0.335 e. The van der Waals surface area contributed by atoms with Crippen LogP contribution < -0.4 is 10.2 Å². The van der Waals surface area contributed by atoms with Crippen molar-refractivity contribution >= 4 is 33.1 Å². The molecule has 7 nitrogen and oxygen atoms in total. The summed E-state index contributed by atoms with van der Waals surface area (Å²) in [5.41, 5.74) is 4.55. The number of rotatable bonds is 5. The molecule has 2 unspecified atom stereocenters. The third-order valence-corrected chi connectivity index (χ3v) is 7.24. The van der Waals surface area contributed by atoms with Crippen LogP contribution in [0.15, 0.2) is 71.6 Å². The lowest BCUT2D eigenvalue weighted by Gasteiger charge is -2.39. The third kappa shape index (κ3) is 4.68. The number of carboxylic acid groups (broad SMARTS) is 1. The van der Waals surface area contributed by atoms with Crippen molar-refractivity contribution in [2.24, 2.45) is 0 Å². The molecule has 1 aliphatic rings. The van der Waals surface area contributed by atoms with Crippen molar-refractivity contribution in [3.63, 3.8) is 0 Å². The molecule has 2 N–H and O–H groups in total. The van der Waals surface area contributed by atoms with E-state index in [0.717, 1.165) is 28.1 Å². The molecule has 2 atom stereocenters. The number of carboxylic acids is 1. The van der Waals surface area contributed by atoms with Gasteiger partial charge < -0.3 is 15.3 Å². The van der Waals surface area contributed by atoms with Gasteiger partial charge in [-0.15, -0.1) is 0 Å². The van der Waals surface area contributed by atoms with E-state index in [0.29, 0.717) is 6.42 Å². The van der Waals surface area contributed by atoms with Gasteiger partial charge in [-0.3, -0.25) is 4.79 Å². The smallest absolute Gasteiger partial charge is 0.335 e. The number of carbonyl (C=O) groups excluding carboxylic acids is 1. The molecular weight excluding hydrogens is 452 g/mol. The number of fused-ring (bicyclic) bond motifs is 1. The van der Waals surface area contributed by atoms with Crippen LogP contribution >= 0.6 is 0 Å². The number of hydrogen-bond donors (Lipinski definition) is 2. The minimum absolute atomic E-state index is 0.0292. The quantitative estimate of drug-likeness (QED) is 0.548. The van der Waals surface area contributed by atoms with Crippen LogP contribution in [-0.2, 0) is 14.6 Å². The van der Waals surface area contributed by atoms with E-state index in [1.807, 2.05) is 25.1 Å². The second-order valence-corrected chi connectivity index (χ2v) is 10.6. The third-order valence-electron chi connectivity index (χ3n) is 6.11. The summed E-state index contributed by atoms with van der Waals surface area (Å²) in [6, 6.07) is 19.1. The van der Waals surface area contributed by atoms with Gasteiger partial charge in [-0.25, -0.2) is 13.2 Å². The molecule has 0 bridgehead atoms. The lowest BCUT2D eigenvalue weighted by Crippen LogP contribution is -2.43. The summed E-state index contributed by atoms with van der Waals surface area (Å²) in [6.07, 6.45) is 1.84. The first-order chi connectivity index (χ1) is 16.0. The number of carbonyl (C=O) groups is 2. The Balaban J connectivity index is 1.73. The highest BCUT2D eigenvalue weighted by Gasteiger charge is 2.32. The van der Waals surface area contributed by atoms with Crippen LogP contribution in [0.3, 0.4) is 0 Å². The molecule has 34 heavy (non-hydrogen) atoms. The number of amides is 1. The first-order valence-corrected chi connectivity index (χ1v) is 12.8. The monoisotopic (exact) mass is 478 g/mol. The molecule has 1 aliphatic heterocycles. The van der Waals surface area contributed by atoms with Gasteiger partial charge in [0.15, 0.2) is 9.84 Å². The van der Waals surface area contributed by atoms with Crippen molar-refractivity contribution in [2.75, 3.05) is 16.5 Å².